The topological polar surface area (TPSA) is 111 Å². The number of halogens is 3. The molecule has 0 unspecified atom stereocenters. The zero-order valence-corrected chi connectivity index (χ0v) is 27.5. The van der Waals surface area contributed by atoms with E-state index in [0.29, 0.717) is 46.2 Å². The number of pyridine rings is 2. The third kappa shape index (κ3) is 6.72. The van der Waals surface area contributed by atoms with Crippen molar-refractivity contribution in [1.29, 1.82) is 0 Å². The summed E-state index contributed by atoms with van der Waals surface area (Å²) >= 11 is 0. The van der Waals surface area contributed by atoms with Gasteiger partial charge in [-0.25, -0.2) is 19.5 Å². The highest BCUT2D eigenvalue weighted by molar-refractivity contribution is 6.03. The van der Waals surface area contributed by atoms with Crippen molar-refractivity contribution in [2.24, 2.45) is 7.05 Å². The van der Waals surface area contributed by atoms with Gasteiger partial charge in [0.15, 0.2) is 5.65 Å². The smallest absolute Gasteiger partial charge is 0.416 e. The molecule has 0 saturated carbocycles. The Morgan fingerprint density at radius 2 is 1.76 bits per heavy atom. The van der Waals surface area contributed by atoms with Crippen LogP contribution in [0.5, 0.6) is 11.6 Å². The SMILES string of the molecule is Cc1cc(Oc2ncccc2-c2ncnc3c2cnn3C)c2ccc(=O)n(C(=O)c3cc(N(C)CCCN(C)C)cc(C(F)(F)F)c3)c2c1. The van der Waals surface area contributed by atoms with Crippen LogP contribution >= 0.6 is 0 Å². The number of carbonyl (C=O) groups excluding carboxylic acids is 1. The van der Waals surface area contributed by atoms with Crippen LogP contribution in [0.25, 0.3) is 33.2 Å². The molecule has 4 aromatic heterocycles. The third-order valence-corrected chi connectivity index (χ3v) is 8.12. The summed E-state index contributed by atoms with van der Waals surface area (Å²) in [6.45, 7) is 2.95. The second-order valence-corrected chi connectivity index (χ2v) is 12.0. The van der Waals surface area contributed by atoms with Crippen LogP contribution in [0.15, 0.2) is 78.1 Å². The molecule has 2 aromatic carbocycles. The third-order valence-electron chi connectivity index (χ3n) is 8.12. The van der Waals surface area contributed by atoms with Gasteiger partial charge in [0.2, 0.25) is 5.88 Å². The maximum atomic E-state index is 14.1. The van der Waals surface area contributed by atoms with E-state index in [1.165, 1.54) is 24.5 Å². The first-order valence-electron chi connectivity index (χ1n) is 15.4. The molecular formula is C35H33F3N8O3. The Kier molecular flexibility index (Phi) is 8.90. The lowest BCUT2D eigenvalue weighted by molar-refractivity contribution is -0.137. The van der Waals surface area contributed by atoms with Gasteiger partial charge >= 0.3 is 6.18 Å². The van der Waals surface area contributed by atoms with Gasteiger partial charge in [0, 0.05) is 49.5 Å². The fraction of sp³-hybridized carbons (Fsp3) is 0.257. The van der Waals surface area contributed by atoms with E-state index in [0.717, 1.165) is 23.2 Å². The molecule has 0 saturated heterocycles. The van der Waals surface area contributed by atoms with Crippen molar-refractivity contribution in [3.05, 3.63) is 100 Å². The van der Waals surface area contributed by atoms with Crippen molar-refractivity contribution in [2.75, 3.05) is 39.1 Å². The van der Waals surface area contributed by atoms with Gasteiger partial charge in [-0.15, -0.1) is 0 Å². The number of fused-ring (bicyclic) bond motifs is 2. The molecule has 0 aliphatic heterocycles. The monoisotopic (exact) mass is 670 g/mol. The lowest BCUT2D eigenvalue weighted by Gasteiger charge is -2.23. The van der Waals surface area contributed by atoms with Gasteiger partial charge in [0.05, 0.1) is 33.9 Å². The van der Waals surface area contributed by atoms with E-state index < -0.39 is 23.2 Å². The molecule has 11 nitrogen and oxygen atoms in total. The highest BCUT2D eigenvalue weighted by atomic mass is 19.4. The Hall–Kier alpha value is -5.63. The second-order valence-electron chi connectivity index (χ2n) is 12.0. The number of aryl methyl sites for hydroxylation is 2. The summed E-state index contributed by atoms with van der Waals surface area (Å²) in [6, 6.07) is 12.7. The predicted octanol–water partition coefficient (Wildman–Crippen LogP) is 5.94. The molecular weight excluding hydrogens is 637 g/mol. The number of ether oxygens (including phenoxy) is 1. The molecule has 0 aliphatic carbocycles. The lowest BCUT2D eigenvalue weighted by Crippen LogP contribution is -2.28. The Labute approximate surface area is 279 Å². The summed E-state index contributed by atoms with van der Waals surface area (Å²) in [5, 5.41) is 5.34. The van der Waals surface area contributed by atoms with Gasteiger partial charge in [-0.3, -0.25) is 14.3 Å². The number of benzene rings is 2. The van der Waals surface area contributed by atoms with Gasteiger partial charge < -0.3 is 14.5 Å². The Morgan fingerprint density at radius 3 is 2.51 bits per heavy atom. The highest BCUT2D eigenvalue weighted by Gasteiger charge is 2.33. The Morgan fingerprint density at radius 1 is 0.959 bits per heavy atom. The number of rotatable bonds is 9. The van der Waals surface area contributed by atoms with Crippen molar-refractivity contribution in [3.63, 3.8) is 0 Å². The van der Waals surface area contributed by atoms with Crippen molar-refractivity contribution in [2.45, 2.75) is 19.5 Å². The average Bonchev–Trinajstić information content (AvgIpc) is 3.44. The number of alkyl halides is 3. The zero-order valence-electron chi connectivity index (χ0n) is 27.5. The molecule has 6 aromatic rings. The van der Waals surface area contributed by atoms with Crippen molar-refractivity contribution in [3.8, 4) is 22.9 Å². The van der Waals surface area contributed by atoms with Crippen LogP contribution in [0, 0.1) is 6.92 Å². The molecule has 0 atom stereocenters. The fourth-order valence-electron chi connectivity index (χ4n) is 5.67. The summed E-state index contributed by atoms with van der Waals surface area (Å²) in [5.74, 6) is -0.430. The van der Waals surface area contributed by atoms with Gasteiger partial charge in [0.1, 0.15) is 12.1 Å². The fourth-order valence-corrected chi connectivity index (χ4v) is 5.67. The van der Waals surface area contributed by atoms with E-state index in [4.69, 9.17) is 4.74 Å². The molecule has 6 rings (SSSR count). The number of nitrogens with zero attached hydrogens (tertiary/aromatic N) is 8. The van der Waals surface area contributed by atoms with E-state index in [2.05, 4.69) is 20.1 Å². The number of carbonyl (C=O) groups is 1. The van der Waals surface area contributed by atoms with Gasteiger partial charge in [-0.05, 0) is 88.1 Å². The molecule has 252 valence electrons. The summed E-state index contributed by atoms with van der Waals surface area (Å²) in [7, 11) is 7.26. The minimum Gasteiger partial charge on any atom is -0.438 e. The summed E-state index contributed by atoms with van der Waals surface area (Å²) in [6.07, 6.45) is 0.594. The van der Waals surface area contributed by atoms with E-state index in [9.17, 15) is 22.8 Å². The van der Waals surface area contributed by atoms with Crippen LogP contribution in [-0.2, 0) is 13.2 Å². The van der Waals surface area contributed by atoms with Crippen molar-refractivity contribution >= 4 is 33.5 Å². The molecule has 14 heteroatoms. The summed E-state index contributed by atoms with van der Waals surface area (Å²) in [4.78, 5) is 44.3. The van der Waals surface area contributed by atoms with Crippen molar-refractivity contribution in [1.82, 2.24) is 34.2 Å². The molecule has 0 fully saturated rings. The first kappa shape index (κ1) is 33.3. The number of anilines is 1. The van der Waals surface area contributed by atoms with Crippen LogP contribution in [0.1, 0.15) is 27.9 Å². The van der Waals surface area contributed by atoms with E-state index in [-0.39, 0.29) is 28.4 Å². The normalized spacial score (nSPS) is 11.9. The minimum absolute atomic E-state index is 0.167. The van der Waals surface area contributed by atoms with Gasteiger partial charge in [-0.2, -0.15) is 18.3 Å². The first-order chi connectivity index (χ1) is 23.3. The van der Waals surface area contributed by atoms with Crippen LogP contribution in [0.3, 0.4) is 0 Å². The van der Waals surface area contributed by atoms with E-state index >= 15 is 0 Å². The summed E-state index contributed by atoms with van der Waals surface area (Å²) in [5.41, 5.74) is 0.738. The quantitative estimate of drug-likeness (QED) is 0.185. The molecule has 0 spiro atoms. The summed E-state index contributed by atoms with van der Waals surface area (Å²) < 4.78 is 51.1. The predicted molar refractivity (Wildman–Crippen MR) is 180 cm³/mol. The maximum absolute atomic E-state index is 14.1. The number of hydrogen-bond donors (Lipinski definition) is 0. The van der Waals surface area contributed by atoms with E-state index in [1.54, 1.807) is 67.3 Å². The van der Waals surface area contributed by atoms with Crippen LogP contribution in [-0.4, -0.2) is 74.3 Å². The Bertz CT molecular complexity index is 2260. The maximum Gasteiger partial charge on any atom is 0.416 e. The Balaban J connectivity index is 1.44. The van der Waals surface area contributed by atoms with Crippen LogP contribution < -0.4 is 15.2 Å². The van der Waals surface area contributed by atoms with Gasteiger partial charge in [0.25, 0.3) is 11.5 Å². The highest BCUT2D eigenvalue weighted by Crippen LogP contribution is 2.37. The van der Waals surface area contributed by atoms with E-state index in [1.807, 2.05) is 19.0 Å². The standard InChI is InChI=1S/C35H33F3N8O3/c1-21-14-28-25(29(15-21)49-33-26(8-6-11-39-33)31-27-19-42-45(5)32(27)41-20-40-31)9-10-30(47)46(28)34(48)22-16-23(35(36,37)38)18-24(17-22)44(4)13-7-12-43(2)3/h6,8-11,14-20H,7,12-13H2,1-5H3. The van der Waals surface area contributed by atoms with Crippen LogP contribution in [0.2, 0.25) is 0 Å². The van der Waals surface area contributed by atoms with Crippen molar-refractivity contribution < 1.29 is 22.7 Å². The molecule has 0 bridgehead atoms. The second kappa shape index (κ2) is 13.1. The molecule has 49 heavy (non-hydrogen) atoms. The minimum atomic E-state index is -4.72. The number of hydrogen-bond acceptors (Lipinski definition) is 9. The zero-order chi connectivity index (χ0) is 35.0. The first-order valence-corrected chi connectivity index (χ1v) is 15.4. The largest absolute Gasteiger partial charge is 0.438 e. The molecule has 0 radical (unpaired) electrons. The average molecular weight is 671 g/mol. The molecule has 4 heterocycles. The molecule has 0 amide bonds. The van der Waals surface area contributed by atoms with Crippen LogP contribution in [0.4, 0.5) is 18.9 Å². The molecule has 0 aliphatic rings. The lowest BCUT2D eigenvalue weighted by atomic mass is 10.1. The molecule has 0 N–H and O–H groups in total. The van der Waals surface area contributed by atoms with Gasteiger partial charge in [-0.1, -0.05) is 0 Å². The number of aromatic nitrogens is 6.